The molecule has 4 heterocycles. The van der Waals surface area contributed by atoms with Crippen LogP contribution in [0.2, 0.25) is 0 Å². The molecule has 3 aliphatic rings. The highest BCUT2D eigenvalue weighted by atomic mass is 16.7. The Balaban J connectivity index is 1.15. The highest BCUT2D eigenvalue weighted by molar-refractivity contribution is 5.79. The molecule has 8 nitrogen and oxygen atoms in total. The maximum Gasteiger partial charge on any atom is 0.231 e. The largest absolute Gasteiger partial charge is 0.454 e. The monoisotopic (exact) mass is 369 g/mol. The molecule has 0 bridgehead atoms. The van der Waals surface area contributed by atoms with E-state index in [1.54, 1.807) is 6.33 Å². The summed E-state index contributed by atoms with van der Waals surface area (Å²) < 4.78 is 12.7. The third-order valence-electron chi connectivity index (χ3n) is 5.68. The summed E-state index contributed by atoms with van der Waals surface area (Å²) in [5.74, 6) is 2.93. The van der Waals surface area contributed by atoms with Gasteiger partial charge in [-0.05, 0) is 24.1 Å². The zero-order chi connectivity index (χ0) is 18.2. The molecule has 0 N–H and O–H groups in total. The highest BCUT2D eigenvalue weighted by Gasteiger charge is 2.31. The van der Waals surface area contributed by atoms with Gasteiger partial charge in [0, 0.05) is 39.1 Å². The zero-order valence-corrected chi connectivity index (χ0v) is 15.2. The van der Waals surface area contributed by atoms with E-state index in [0.717, 1.165) is 62.9 Å². The van der Waals surface area contributed by atoms with Crippen LogP contribution in [-0.4, -0.2) is 63.4 Å². The number of nitrogens with zero attached hydrogens (tertiary/aromatic N) is 5. The van der Waals surface area contributed by atoms with E-state index in [1.807, 2.05) is 15.6 Å². The van der Waals surface area contributed by atoms with Crippen molar-refractivity contribution in [1.82, 2.24) is 24.6 Å². The molecule has 1 unspecified atom stereocenters. The van der Waals surface area contributed by atoms with E-state index in [2.05, 4.69) is 27.1 Å². The van der Waals surface area contributed by atoms with Crippen LogP contribution >= 0.6 is 0 Å². The van der Waals surface area contributed by atoms with Crippen molar-refractivity contribution in [1.29, 1.82) is 0 Å². The molecule has 1 atom stereocenters. The van der Waals surface area contributed by atoms with Crippen LogP contribution < -0.4 is 9.47 Å². The van der Waals surface area contributed by atoms with Gasteiger partial charge in [0.2, 0.25) is 12.7 Å². The number of piperazine rings is 1. The summed E-state index contributed by atoms with van der Waals surface area (Å²) in [7, 11) is 0. The van der Waals surface area contributed by atoms with Gasteiger partial charge in [-0.3, -0.25) is 9.69 Å². The normalized spacial score (nSPS) is 21.9. The van der Waals surface area contributed by atoms with Crippen molar-refractivity contribution in [3.8, 4) is 11.5 Å². The van der Waals surface area contributed by atoms with Gasteiger partial charge in [0.15, 0.2) is 11.5 Å². The summed E-state index contributed by atoms with van der Waals surface area (Å²) in [6.07, 6.45) is 3.28. The van der Waals surface area contributed by atoms with Crippen molar-refractivity contribution in [3.05, 3.63) is 35.9 Å². The van der Waals surface area contributed by atoms with Crippen molar-refractivity contribution in [2.24, 2.45) is 5.92 Å². The standard InChI is InChI=1S/C19H23N5O3/c25-19(15-2-4-18-20-12-21-24(18)11-15)23-7-5-22(6-8-23)10-14-1-3-16-17(9-14)27-13-26-16/h1,3,9,12,15H,2,4-8,10-11,13H2. The molecule has 1 amide bonds. The molecule has 142 valence electrons. The van der Waals surface area contributed by atoms with E-state index in [9.17, 15) is 4.79 Å². The number of carbonyl (C=O) groups is 1. The summed E-state index contributed by atoms with van der Waals surface area (Å²) in [4.78, 5) is 21.5. The van der Waals surface area contributed by atoms with Crippen molar-refractivity contribution in [2.75, 3.05) is 33.0 Å². The fourth-order valence-electron chi connectivity index (χ4n) is 4.12. The van der Waals surface area contributed by atoms with Gasteiger partial charge in [0.1, 0.15) is 12.2 Å². The first-order chi connectivity index (χ1) is 13.3. The maximum atomic E-state index is 12.9. The third kappa shape index (κ3) is 3.25. The van der Waals surface area contributed by atoms with E-state index in [-0.39, 0.29) is 11.8 Å². The summed E-state index contributed by atoms with van der Waals surface area (Å²) >= 11 is 0. The van der Waals surface area contributed by atoms with E-state index in [4.69, 9.17) is 9.47 Å². The molecule has 1 aromatic carbocycles. The Kier molecular flexibility index (Phi) is 4.20. The van der Waals surface area contributed by atoms with Gasteiger partial charge in [-0.1, -0.05) is 6.07 Å². The summed E-state index contributed by atoms with van der Waals surface area (Å²) in [5, 5.41) is 4.23. The molecule has 0 radical (unpaired) electrons. The van der Waals surface area contributed by atoms with Crippen molar-refractivity contribution >= 4 is 5.91 Å². The Hall–Kier alpha value is -2.61. The average molecular weight is 369 g/mol. The maximum absolute atomic E-state index is 12.9. The number of hydrogen-bond donors (Lipinski definition) is 0. The van der Waals surface area contributed by atoms with E-state index in [1.165, 1.54) is 5.56 Å². The zero-order valence-electron chi connectivity index (χ0n) is 15.2. The van der Waals surface area contributed by atoms with Crippen LogP contribution in [0.25, 0.3) is 0 Å². The lowest BCUT2D eigenvalue weighted by molar-refractivity contribution is -0.138. The number of hydrogen-bond acceptors (Lipinski definition) is 6. The molecule has 1 fully saturated rings. The number of fused-ring (bicyclic) bond motifs is 2. The Labute approximate surface area is 157 Å². The van der Waals surface area contributed by atoms with Crippen LogP contribution in [-0.2, 0) is 24.3 Å². The second kappa shape index (κ2) is 6.84. The van der Waals surface area contributed by atoms with Crippen LogP contribution in [0.3, 0.4) is 0 Å². The topological polar surface area (TPSA) is 72.7 Å². The Morgan fingerprint density at radius 2 is 2.00 bits per heavy atom. The Morgan fingerprint density at radius 3 is 2.89 bits per heavy atom. The first-order valence-corrected chi connectivity index (χ1v) is 9.52. The summed E-state index contributed by atoms with van der Waals surface area (Å²) in [6, 6.07) is 6.11. The minimum absolute atomic E-state index is 0.0274. The lowest BCUT2D eigenvalue weighted by Gasteiger charge is -2.37. The number of amides is 1. The molecular formula is C19H23N5O3. The first kappa shape index (κ1) is 16.6. The van der Waals surface area contributed by atoms with Crippen molar-refractivity contribution in [3.63, 3.8) is 0 Å². The van der Waals surface area contributed by atoms with Crippen LogP contribution in [0, 0.1) is 5.92 Å². The number of aryl methyl sites for hydroxylation is 1. The molecule has 27 heavy (non-hydrogen) atoms. The summed E-state index contributed by atoms with van der Waals surface area (Å²) in [6.45, 7) is 5.17. The molecular weight excluding hydrogens is 346 g/mol. The van der Waals surface area contributed by atoms with Gasteiger partial charge in [-0.15, -0.1) is 0 Å². The predicted octanol–water partition coefficient (Wildman–Crippen LogP) is 0.914. The molecule has 1 saturated heterocycles. The fraction of sp³-hybridized carbons (Fsp3) is 0.526. The third-order valence-corrected chi connectivity index (χ3v) is 5.68. The molecule has 0 spiro atoms. The molecule has 3 aliphatic heterocycles. The minimum Gasteiger partial charge on any atom is -0.454 e. The molecule has 1 aromatic heterocycles. The number of aromatic nitrogens is 3. The van der Waals surface area contributed by atoms with Gasteiger partial charge in [0.05, 0.1) is 12.5 Å². The lowest BCUT2D eigenvalue weighted by Crippen LogP contribution is -2.50. The second-order valence-electron chi connectivity index (χ2n) is 7.38. The first-order valence-electron chi connectivity index (χ1n) is 9.52. The van der Waals surface area contributed by atoms with Gasteiger partial charge in [-0.25, -0.2) is 9.67 Å². The molecule has 0 aliphatic carbocycles. The number of benzene rings is 1. The van der Waals surface area contributed by atoms with E-state index < -0.39 is 0 Å². The predicted molar refractivity (Wildman–Crippen MR) is 96.3 cm³/mol. The number of ether oxygens (including phenoxy) is 2. The van der Waals surface area contributed by atoms with E-state index >= 15 is 0 Å². The van der Waals surface area contributed by atoms with Crippen molar-refractivity contribution < 1.29 is 14.3 Å². The van der Waals surface area contributed by atoms with Gasteiger partial charge < -0.3 is 14.4 Å². The SMILES string of the molecule is O=C(C1CCc2ncnn2C1)N1CCN(Cc2ccc3c(c2)OCO3)CC1. The van der Waals surface area contributed by atoms with E-state index in [0.29, 0.717) is 13.3 Å². The minimum atomic E-state index is 0.0274. The fourth-order valence-corrected chi connectivity index (χ4v) is 4.12. The molecule has 8 heteroatoms. The van der Waals surface area contributed by atoms with Gasteiger partial charge in [0.25, 0.3) is 0 Å². The van der Waals surface area contributed by atoms with Crippen LogP contribution in [0.1, 0.15) is 17.8 Å². The second-order valence-corrected chi connectivity index (χ2v) is 7.38. The quantitative estimate of drug-likeness (QED) is 0.801. The summed E-state index contributed by atoms with van der Waals surface area (Å²) in [5.41, 5.74) is 1.21. The van der Waals surface area contributed by atoms with Gasteiger partial charge >= 0.3 is 0 Å². The van der Waals surface area contributed by atoms with Crippen LogP contribution in [0.15, 0.2) is 24.5 Å². The average Bonchev–Trinajstić information content (AvgIpc) is 3.36. The van der Waals surface area contributed by atoms with Crippen molar-refractivity contribution in [2.45, 2.75) is 25.9 Å². The number of rotatable bonds is 3. The Bertz CT molecular complexity index is 844. The molecule has 5 rings (SSSR count). The molecule has 2 aromatic rings. The van der Waals surface area contributed by atoms with Crippen LogP contribution in [0.4, 0.5) is 0 Å². The van der Waals surface area contributed by atoms with Gasteiger partial charge in [-0.2, -0.15) is 5.10 Å². The van der Waals surface area contributed by atoms with Crippen LogP contribution in [0.5, 0.6) is 11.5 Å². The lowest BCUT2D eigenvalue weighted by atomic mass is 9.98. The highest BCUT2D eigenvalue weighted by Crippen LogP contribution is 2.33. The Morgan fingerprint density at radius 1 is 1.15 bits per heavy atom. The molecule has 0 saturated carbocycles. The number of carbonyl (C=O) groups excluding carboxylic acids is 1. The smallest absolute Gasteiger partial charge is 0.231 e.